The number of carbonyl (C=O) groups excluding carboxylic acids is 1. The number of piperidine rings is 1. The van der Waals surface area contributed by atoms with Crippen molar-refractivity contribution in [3.05, 3.63) is 35.9 Å². The van der Waals surface area contributed by atoms with Gasteiger partial charge in [0.05, 0.1) is 13.2 Å². The van der Waals surface area contributed by atoms with Crippen LogP contribution in [0.25, 0.3) is 11.3 Å². The smallest absolute Gasteiger partial charge is 0.259 e. The predicted octanol–water partition coefficient (Wildman–Crippen LogP) is 2.02. The molecule has 4 heterocycles. The van der Waals surface area contributed by atoms with Crippen molar-refractivity contribution in [3.63, 3.8) is 0 Å². The third-order valence-corrected chi connectivity index (χ3v) is 4.64. The monoisotopic (exact) mass is 329 g/mol. The topological polar surface area (TPSA) is 77.7 Å². The number of pyridine rings is 1. The second kappa shape index (κ2) is 5.99. The zero-order valence-corrected chi connectivity index (χ0v) is 13.5. The van der Waals surface area contributed by atoms with Crippen LogP contribution < -0.4 is 0 Å². The van der Waals surface area contributed by atoms with E-state index in [1.54, 1.807) is 19.3 Å². The van der Waals surface area contributed by atoms with E-state index in [1.807, 2.05) is 17.0 Å². The molecule has 2 aromatic rings. The number of hydrogen-bond acceptors (Lipinski definition) is 6. The van der Waals surface area contributed by atoms with Gasteiger partial charge in [0.1, 0.15) is 17.0 Å². The summed E-state index contributed by atoms with van der Waals surface area (Å²) in [6.45, 7) is 4.20. The number of carbonyl (C=O) groups is 1. The number of nitrogens with zero attached hydrogens (tertiary/aromatic N) is 3. The second-order valence-corrected chi connectivity index (χ2v) is 6.10. The van der Waals surface area contributed by atoms with Crippen molar-refractivity contribution < 1.29 is 18.8 Å². The summed E-state index contributed by atoms with van der Waals surface area (Å²) < 4.78 is 16.7. The quantitative estimate of drug-likeness (QED) is 0.839. The molecule has 2 fully saturated rings. The van der Waals surface area contributed by atoms with Gasteiger partial charge in [-0.15, -0.1) is 0 Å². The lowest BCUT2D eigenvalue weighted by atomic mass is 10.0. The van der Waals surface area contributed by atoms with E-state index in [0.717, 1.165) is 5.56 Å². The standard InChI is InChI=1S/C17H19N3O4/c1-12-14(15(19-24-12)13-3-2-6-18-11-13)16(21)20-7-4-17(5-8-20)22-9-10-23-17/h2-3,6,11H,4-5,7-10H2,1H3. The van der Waals surface area contributed by atoms with Crippen molar-refractivity contribution in [2.24, 2.45) is 0 Å². The minimum absolute atomic E-state index is 0.0690. The molecular weight excluding hydrogens is 310 g/mol. The predicted molar refractivity (Wildman–Crippen MR) is 84.2 cm³/mol. The van der Waals surface area contributed by atoms with Crippen LogP contribution in [0.5, 0.6) is 0 Å². The van der Waals surface area contributed by atoms with Gasteiger partial charge in [0.15, 0.2) is 5.79 Å². The minimum Gasteiger partial charge on any atom is -0.360 e. The Morgan fingerprint density at radius 3 is 2.67 bits per heavy atom. The number of amides is 1. The van der Waals surface area contributed by atoms with Gasteiger partial charge in [-0.3, -0.25) is 9.78 Å². The number of aromatic nitrogens is 2. The number of likely N-dealkylation sites (tertiary alicyclic amines) is 1. The fraction of sp³-hybridized carbons (Fsp3) is 0.471. The SMILES string of the molecule is Cc1onc(-c2cccnc2)c1C(=O)N1CCC2(CC1)OCCO2. The summed E-state index contributed by atoms with van der Waals surface area (Å²) in [5.41, 5.74) is 1.82. The molecule has 0 aromatic carbocycles. The average molecular weight is 329 g/mol. The molecule has 1 spiro atoms. The molecule has 7 nitrogen and oxygen atoms in total. The normalized spacial score (nSPS) is 19.8. The molecule has 126 valence electrons. The van der Waals surface area contributed by atoms with Crippen LogP contribution in [0.1, 0.15) is 29.0 Å². The average Bonchev–Trinajstić information content (AvgIpc) is 3.23. The van der Waals surface area contributed by atoms with E-state index in [1.165, 1.54) is 0 Å². The molecule has 2 aromatic heterocycles. The van der Waals surface area contributed by atoms with Gasteiger partial charge >= 0.3 is 0 Å². The molecule has 2 aliphatic rings. The van der Waals surface area contributed by atoms with Crippen LogP contribution in [-0.2, 0) is 9.47 Å². The summed E-state index contributed by atoms with van der Waals surface area (Å²) in [6.07, 6.45) is 4.74. The Balaban J connectivity index is 1.56. The first kappa shape index (κ1) is 15.3. The highest BCUT2D eigenvalue weighted by Crippen LogP contribution is 2.33. The largest absolute Gasteiger partial charge is 0.360 e. The summed E-state index contributed by atoms with van der Waals surface area (Å²) in [5.74, 6) is -0.0416. The summed E-state index contributed by atoms with van der Waals surface area (Å²) >= 11 is 0. The van der Waals surface area contributed by atoms with Crippen molar-refractivity contribution in [1.29, 1.82) is 0 Å². The van der Waals surface area contributed by atoms with E-state index >= 15 is 0 Å². The number of aryl methyl sites for hydroxylation is 1. The first-order valence-corrected chi connectivity index (χ1v) is 8.12. The van der Waals surface area contributed by atoms with E-state index in [-0.39, 0.29) is 5.91 Å². The van der Waals surface area contributed by atoms with Gasteiger partial charge in [-0.2, -0.15) is 0 Å². The lowest BCUT2D eigenvalue weighted by Gasteiger charge is -2.37. The van der Waals surface area contributed by atoms with Gasteiger partial charge in [-0.05, 0) is 19.1 Å². The Bertz CT molecular complexity index is 728. The van der Waals surface area contributed by atoms with E-state index in [2.05, 4.69) is 10.1 Å². The van der Waals surface area contributed by atoms with Crippen molar-refractivity contribution in [1.82, 2.24) is 15.0 Å². The highest BCUT2D eigenvalue weighted by atomic mass is 16.7. The molecule has 2 saturated heterocycles. The van der Waals surface area contributed by atoms with Crippen LogP contribution in [-0.4, -0.2) is 53.0 Å². The molecule has 7 heteroatoms. The lowest BCUT2D eigenvalue weighted by Crippen LogP contribution is -2.47. The Morgan fingerprint density at radius 1 is 1.25 bits per heavy atom. The third-order valence-electron chi connectivity index (χ3n) is 4.64. The summed E-state index contributed by atoms with van der Waals surface area (Å²) in [5, 5.41) is 4.06. The molecular formula is C17H19N3O4. The molecule has 0 aliphatic carbocycles. The maximum absolute atomic E-state index is 13.0. The van der Waals surface area contributed by atoms with Gasteiger partial charge in [0.2, 0.25) is 0 Å². The van der Waals surface area contributed by atoms with Crippen LogP contribution in [0.4, 0.5) is 0 Å². The lowest BCUT2D eigenvalue weighted by molar-refractivity contribution is -0.181. The molecule has 0 atom stereocenters. The number of rotatable bonds is 2. The van der Waals surface area contributed by atoms with Crippen molar-refractivity contribution in [2.45, 2.75) is 25.6 Å². The Kier molecular flexibility index (Phi) is 3.82. The summed E-state index contributed by atoms with van der Waals surface area (Å²) in [6, 6.07) is 3.68. The zero-order valence-electron chi connectivity index (χ0n) is 13.5. The van der Waals surface area contributed by atoms with Crippen molar-refractivity contribution >= 4 is 5.91 Å². The number of hydrogen-bond donors (Lipinski definition) is 0. The summed E-state index contributed by atoms with van der Waals surface area (Å²) in [7, 11) is 0. The van der Waals surface area contributed by atoms with Crippen LogP contribution >= 0.6 is 0 Å². The van der Waals surface area contributed by atoms with Crippen molar-refractivity contribution in [3.8, 4) is 11.3 Å². The maximum atomic E-state index is 13.0. The highest BCUT2D eigenvalue weighted by molar-refractivity contribution is 6.00. The van der Waals surface area contributed by atoms with Crippen LogP contribution in [0.3, 0.4) is 0 Å². The Hall–Kier alpha value is -2.25. The molecule has 2 aliphatic heterocycles. The van der Waals surface area contributed by atoms with Crippen LogP contribution in [0.2, 0.25) is 0 Å². The minimum atomic E-state index is -0.493. The molecule has 24 heavy (non-hydrogen) atoms. The van der Waals surface area contributed by atoms with Crippen LogP contribution in [0.15, 0.2) is 29.0 Å². The Labute approximate surface area is 139 Å². The van der Waals surface area contributed by atoms with Gasteiger partial charge in [0, 0.05) is 43.9 Å². The molecule has 0 unspecified atom stereocenters. The van der Waals surface area contributed by atoms with Crippen LogP contribution in [0, 0.1) is 6.92 Å². The zero-order chi connectivity index (χ0) is 16.6. The van der Waals surface area contributed by atoms with E-state index < -0.39 is 5.79 Å². The van der Waals surface area contributed by atoms with E-state index in [9.17, 15) is 4.79 Å². The van der Waals surface area contributed by atoms with Gasteiger partial charge in [0.25, 0.3) is 5.91 Å². The van der Waals surface area contributed by atoms with Crippen molar-refractivity contribution in [2.75, 3.05) is 26.3 Å². The Morgan fingerprint density at radius 2 is 2.00 bits per heavy atom. The highest BCUT2D eigenvalue weighted by Gasteiger charge is 2.41. The molecule has 0 radical (unpaired) electrons. The summed E-state index contributed by atoms with van der Waals surface area (Å²) in [4.78, 5) is 18.9. The van der Waals surface area contributed by atoms with E-state index in [4.69, 9.17) is 14.0 Å². The fourth-order valence-corrected chi connectivity index (χ4v) is 3.32. The maximum Gasteiger partial charge on any atom is 0.259 e. The first-order chi connectivity index (χ1) is 11.7. The second-order valence-electron chi connectivity index (χ2n) is 6.10. The van der Waals surface area contributed by atoms with Gasteiger partial charge in [-0.1, -0.05) is 5.16 Å². The van der Waals surface area contributed by atoms with E-state index in [0.29, 0.717) is 56.2 Å². The van der Waals surface area contributed by atoms with Gasteiger partial charge in [-0.25, -0.2) is 0 Å². The number of ether oxygens (including phenoxy) is 2. The molecule has 4 rings (SSSR count). The fourth-order valence-electron chi connectivity index (χ4n) is 3.32. The first-order valence-electron chi connectivity index (χ1n) is 8.12. The van der Waals surface area contributed by atoms with Gasteiger partial charge < -0.3 is 18.9 Å². The molecule has 0 bridgehead atoms. The molecule has 0 saturated carbocycles. The molecule has 1 amide bonds. The molecule has 0 N–H and O–H groups in total. The third kappa shape index (κ3) is 2.59.